The molecule has 1 aliphatic heterocycles. The topological polar surface area (TPSA) is 74.6 Å². The summed E-state index contributed by atoms with van der Waals surface area (Å²) in [5.41, 5.74) is 1.95. The molecule has 4 rings (SSSR count). The molecule has 1 heterocycles. The molecule has 0 aromatic heterocycles. The molecule has 37 heavy (non-hydrogen) atoms. The zero-order valence-electron chi connectivity index (χ0n) is 21.4. The number of carbonyl (C=O) groups is 1. The molecule has 0 bridgehead atoms. The van der Waals surface area contributed by atoms with Crippen LogP contribution in [0.15, 0.2) is 89.7 Å². The van der Waals surface area contributed by atoms with Gasteiger partial charge in [-0.1, -0.05) is 53.7 Å². The van der Waals surface area contributed by atoms with Crippen LogP contribution in [0.1, 0.15) is 16.7 Å². The van der Waals surface area contributed by atoms with E-state index < -0.39 is 5.72 Å². The van der Waals surface area contributed by atoms with Crippen LogP contribution in [0.5, 0.6) is 5.75 Å². The first-order valence-corrected chi connectivity index (χ1v) is 11.7. The lowest BCUT2D eigenvalue weighted by molar-refractivity contribution is -0.124. The number of ether oxygens (including phenoxy) is 1. The van der Waals surface area contributed by atoms with E-state index in [-0.39, 0.29) is 24.9 Å². The van der Waals surface area contributed by atoms with E-state index in [9.17, 15) is 9.90 Å². The number of rotatable bonds is 8. The number of aliphatic hydroxyl groups is 1. The quantitative estimate of drug-likeness (QED) is 0.340. The summed E-state index contributed by atoms with van der Waals surface area (Å²) in [6, 6.07) is 19.8. The van der Waals surface area contributed by atoms with Gasteiger partial charge in [-0.05, 0) is 58.7 Å². The number of carbonyl (C=O) groups excluding carboxylic acids is 1. The Balaban J connectivity index is 0.00000380. The maximum Gasteiger partial charge on any atom is 0.254 e. The maximum absolute atomic E-state index is 12.7. The SMILES string of the molecule is COc1ccc(CON=CC2(O)C=CC(C(=O)N(C)C)=CN2Cc2c(C)ccc3ccccc23)cc1.Cl. The second-order valence-electron chi connectivity index (χ2n) is 8.97. The maximum atomic E-state index is 12.7. The molecular weight excluding hydrogens is 490 g/mol. The second kappa shape index (κ2) is 12.0. The third-order valence-electron chi connectivity index (χ3n) is 6.23. The summed E-state index contributed by atoms with van der Waals surface area (Å²) in [5.74, 6) is 0.610. The summed E-state index contributed by atoms with van der Waals surface area (Å²) in [5, 5.41) is 17.8. The molecule has 3 aromatic rings. The Bertz CT molecular complexity index is 1330. The van der Waals surface area contributed by atoms with Crippen LogP contribution in [0, 0.1) is 6.92 Å². The lowest BCUT2D eigenvalue weighted by Gasteiger charge is -2.37. The molecule has 1 amide bonds. The van der Waals surface area contributed by atoms with Crippen LogP contribution in [0.3, 0.4) is 0 Å². The van der Waals surface area contributed by atoms with Gasteiger partial charge in [0.25, 0.3) is 5.91 Å². The number of amides is 1. The fraction of sp³-hybridized carbons (Fsp3) is 0.241. The number of halogens is 1. The molecule has 0 saturated carbocycles. The zero-order valence-corrected chi connectivity index (χ0v) is 22.2. The highest BCUT2D eigenvalue weighted by Crippen LogP contribution is 2.29. The Morgan fingerprint density at radius 1 is 1.11 bits per heavy atom. The Morgan fingerprint density at radius 3 is 2.54 bits per heavy atom. The molecule has 0 fully saturated rings. The van der Waals surface area contributed by atoms with Crippen molar-refractivity contribution in [1.29, 1.82) is 0 Å². The van der Waals surface area contributed by atoms with E-state index in [1.54, 1.807) is 44.5 Å². The van der Waals surface area contributed by atoms with Gasteiger partial charge in [0.2, 0.25) is 0 Å². The Hall–Kier alpha value is -3.81. The average molecular weight is 522 g/mol. The van der Waals surface area contributed by atoms with Crippen LogP contribution < -0.4 is 4.74 Å². The third kappa shape index (κ3) is 6.31. The number of hydrogen-bond donors (Lipinski definition) is 1. The van der Waals surface area contributed by atoms with E-state index in [2.05, 4.69) is 29.4 Å². The van der Waals surface area contributed by atoms with Gasteiger partial charge >= 0.3 is 0 Å². The van der Waals surface area contributed by atoms with Crippen molar-refractivity contribution in [2.75, 3.05) is 21.2 Å². The van der Waals surface area contributed by atoms with Crippen molar-refractivity contribution < 1.29 is 19.5 Å². The van der Waals surface area contributed by atoms with Gasteiger partial charge in [0, 0.05) is 26.8 Å². The Kier molecular flexibility index (Phi) is 8.97. The summed E-state index contributed by atoms with van der Waals surface area (Å²) in [6.07, 6.45) is 6.20. The first-order chi connectivity index (χ1) is 17.3. The Morgan fingerprint density at radius 2 is 1.84 bits per heavy atom. The standard InChI is InChI=1S/C29H31N3O4.ClH/c1-21-9-12-23-7-5-6-8-26(23)27(21)18-32-17-24(28(33)31(2)3)15-16-29(32,34)20-30-36-19-22-10-13-25(35-4)14-11-22;/h5-17,20,34H,18-19H2,1-4H3;1H. The molecule has 8 heteroatoms. The number of nitrogens with zero attached hydrogens (tertiary/aromatic N) is 3. The van der Waals surface area contributed by atoms with Gasteiger partial charge < -0.3 is 24.5 Å². The van der Waals surface area contributed by atoms with Crippen molar-refractivity contribution in [2.45, 2.75) is 25.8 Å². The van der Waals surface area contributed by atoms with Crippen LogP contribution in [-0.4, -0.2) is 54.0 Å². The van der Waals surface area contributed by atoms with Gasteiger partial charge in [-0.2, -0.15) is 0 Å². The largest absolute Gasteiger partial charge is 0.497 e. The molecule has 0 radical (unpaired) electrons. The van der Waals surface area contributed by atoms with Gasteiger partial charge in [0.05, 0.1) is 12.7 Å². The fourth-order valence-electron chi connectivity index (χ4n) is 4.07. The molecular formula is C29H32ClN3O4. The molecule has 1 atom stereocenters. The predicted molar refractivity (Wildman–Crippen MR) is 149 cm³/mol. The van der Waals surface area contributed by atoms with Crippen molar-refractivity contribution in [1.82, 2.24) is 9.80 Å². The van der Waals surface area contributed by atoms with E-state index in [1.165, 1.54) is 11.1 Å². The number of methoxy groups -OCH3 is 1. The third-order valence-corrected chi connectivity index (χ3v) is 6.23. The molecule has 0 aliphatic carbocycles. The summed E-state index contributed by atoms with van der Waals surface area (Å²) in [7, 11) is 5.02. The van der Waals surface area contributed by atoms with Crippen molar-refractivity contribution >= 4 is 35.3 Å². The second-order valence-corrected chi connectivity index (χ2v) is 8.97. The lowest BCUT2D eigenvalue weighted by atomic mass is 9.97. The Labute approximate surface area is 223 Å². The number of fused-ring (bicyclic) bond motifs is 1. The summed E-state index contributed by atoms with van der Waals surface area (Å²) in [4.78, 5) is 21.4. The first kappa shape index (κ1) is 27.8. The molecule has 1 aliphatic rings. The summed E-state index contributed by atoms with van der Waals surface area (Å²) >= 11 is 0. The number of oxime groups is 1. The van der Waals surface area contributed by atoms with E-state index in [0.29, 0.717) is 12.1 Å². The van der Waals surface area contributed by atoms with Crippen molar-refractivity contribution in [3.8, 4) is 5.75 Å². The monoisotopic (exact) mass is 521 g/mol. The molecule has 1 N–H and O–H groups in total. The highest BCUT2D eigenvalue weighted by Gasteiger charge is 2.33. The van der Waals surface area contributed by atoms with E-state index in [0.717, 1.165) is 33.2 Å². The predicted octanol–water partition coefficient (Wildman–Crippen LogP) is 4.81. The molecule has 194 valence electrons. The smallest absolute Gasteiger partial charge is 0.254 e. The highest BCUT2D eigenvalue weighted by molar-refractivity contribution is 5.96. The molecule has 0 saturated heterocycles. The van der Waals surface area contributed by atoms with E-state index >= 15 is 0 Å². The first-order valence-electron chi connectivity index (χ1n) is 11.7. The minimum Gasteiger partial charge on any atom is -0.497 e. The molecule has 7 nitrogen and oxygen atoms in total. The van der Waals surface area contributed by atoms with Crippen molar-refractivity contribution in [3.05, 3.63) is 101 Å². The number of benzene rings is 3. The minimum atomic E-state index is -1.58. The number of hydrogen-bond acceptors (Lipinski definition) is 6. The number of aryl methyl sites for hydroxylation is 1. The number of likely N-dealkylation sites (N-methyl/N-ethyl adjacent to an activating group) is 1. The van der Waals surface area contributed by atoms with Gasteiger partial charge in [-0.25, -0.2) is 0 Å². The van der Waals surface area contributed by atoms with Crippen LogP contribution in [0.2, 0.25) is 0 Å². The van der Waals surface area contributed by atoms with Gasteiger partial charge in [0.1, 0.15) is 18.6 Å². The lowest BCUT2D eigenvalue weighted by Crippen LogP contribution is -2.47. The molecule has 3 aromatic carbocycles. The van der Waals surface area contributed by atoms with Crippen LogP contribution >= 0.6 is 12.4 Å². The van der Waals surface area contributed by atoms with Crippen LogP contribution in [0.4, 0.5) is 0 Å². The summed E-state index contributed by atoms with van der Waals surface area (Å²) < 4.78 is 5.17. The highest BCUT2D eigenvalue weighted by atomic mass is 35.5. The summed E-state index contributed by atoms with van der Waals surface area (Å²) in [6.45, 7) is 2.65. The van der Waals surface area contributed by atoms with Crippen molar-refractivity contribution in [3.63, 3.8) is 0 Å². The normalized spacial score (nSPS) is 16.9. The van der Waals surface area contributed by atoms with Crippen LogP contribution in [0.25, 0.3) is 10.8 Å². The molecule has 0 spiro atoms. The zero-order chi connectivity index (χ0) is 25.7. The average Bonchev–Trinajstić information content (AvgIpc) is 2.89. The van der Waals surface area contributed by atoms with Gasteiger partial charge in [0.15, 0.2) is 5.72 Å². The van der Waals surface area contributed by atoms with Crippen molar-refractivity contribution in [2.24, 2.45) is 5.16 Å². The van der Waals surface area contributed by atoms with Crippen LogP contribution in [-0.2, 0) is 22.8 Å². The van der Waals surface area contributed by atoms with Gasteiger partial charge in [-0.3, -0.25) is 4.79 Å². The van der Waals surface area contributed by atoms with Gasteiger partial charge in [-0.15, -0.1) is 12.4 Å². The minimum absolute atomic E-state index is 0. The van der Waals surface area contributed by atoms with E-state index in [1.807, 2.05) is 43.3 Å². The molecule has 1 unspecified atom stereocenters. The van der Waals surface area contributed by atoms with E-state index in [4.69, 9.17) is 9.57 Å². The fourth-order valence-corrected chi connectivity index (χ4v) is 4.07.